The van der Waals surface area contributed by atoms with Crippen LogP contribution in [0.15, 0.2) is 54.6 Å². The third-order valence-corrected chi connectivity index (χ3v) is 6.26. The summed E-state index contributed by atoms with van der Waals surface area (Å²) in [6, 6.07) is 17.4. The molecule has 1 N–H and O–H groups in total. The number of morpholine rings is 1. The van der Waals surface area contributed by atoms with Crippen molar-refractivity contribution in [1.29, 1.82) is 0 Å². The van der Waals surface area contributed by atoms with Crippen LogP contribution in [-0.4, -0.2) is 38.0 Å². The molecule has 0 saturated carbocycles. The van der Waals surface area contributed by atoms with Gasteiger partial charge in [0.05, 0.1) is 23.1 Å². The summed E-state index contributed by atoms with van der Waals surface area (Å²) in [6.45, 7) is 6.47. The molecular weight excluding hydrogens is 396 g/mol. The Bertz CT molecular complexity index is 1050. The molecule has 1 aliphatic rings. The Morgan fingerprint density at radius 3 is 2.30 bits per heavy atom. The first-order chi connectivity index (χ1) is 14.5. The number of carbonyl (C=O) groups excluding carboxylic acids is 2. The molecule has 1 aromatic heterocycles. The van der Waals surface area contributed by atoms with Gasteiger partial charge in [-0.25, -0.2) is 0 Å². The number of benzene rings is 2. The van der Waals surface area contributed by atoms with Gasteiger partial charge in [0, 0.05) is 36.8 Å². The fourth-order valence-electron chi connectivity index (χ4n) is 3.49. The molecule has 0 radical (unpaired) electrons. The second kappa shape index (κ2) is 8.81. The van der Waals surface area contributed by atoms with E-state index in [0.29, 0.717) is 18.8 Å². The number of rotatable bonds is 5. The highest BCUT2D eigenvalue weighted by atomic mass is 32.1. The van der Waals surface area contributed by atoms with Crippen LogP contribution in [0.25, 0.3) is 11.1 Å². The van der Waals surface area contributed by atoms with Crippen molar-refractivity contribution in [2.24, 2.45) is 0 Å². The molecule has 6 heteroatoms. The van der Waals surface area contributed by atoms with Crippen LogP contribution in [0.1, 0.15) is 27.7 Å². The van der Waals surface area contributed by atoms with Gasteiger partial charge in [0.2, 0.25) is 11.7 Å². The van der Waals surface area contributed by atoms with Gasteiger partial charge in [-0.1, -0.05) is 42.0 Å². The molecule has 0 atom stereocenters. The zero-order valence-electron chi connectivity index (χ0n) is 17.1. The van der Waals surface area contributed by atoms with Crippen molar-refractivity contribution in [1.82, 2.24) is 0 Å². The summed E-state index contributed by atoms with van der Waals surface area (Å²) in [5, 5.41) is 3.88. The number of carbonyl (C=O) groups is 2. The number of hydrogen-bond donors (Lipinski definition) is 1. The predicted molar refractivity (Wildman–Crippen MR) is 122 cm³/mol. The van der Waals surface area contributed by atoms with Crippen LogP contribution < -0.4 is 10.2 Å². The summed E-state index contributed by atoms with van der Waals surface area (Å²) >= 11 is 1.53. The minimum atomic E-state index is -0.0988. The van der Waals surface area contributed by atoms with E-state index in [9.17, 15) is 9.59 Å². The van der Waals surface area contributed by atoms with Gasteiger partial charge in [-0.2, -0.15) is 0 Å². The number of anilines is 2. The molecule has 5 nitrogen and oxygen atoms in total. The molecule has 0 aliphatic carbocycles. The van der Waals surface area contributed by atoms with Crippen LogP contribution in [0, 0.1) is 6.92 Å². The van der Waals surface area contributed by atoms with Crippen molar-refractivity contribution in [3.05, 3.63) is 70.6 Å². The van der Waals surface area contributed by atoms with E-state index in [4.69, 9.17) is 4.74 Å². The molecule has 1 fully saturated rings. The fraction of sp³-hybridized carbons (Fsp3) is 0.250. The second-order valence-electron chi connectivity index (χ2n) is 7.38. The maximum absolute atomic E-state index is 13.1. The maximum atomic E-state index is 13.1. The largest absolute Gasteiger partial charge is 0.378 e. The molecule has 1 aliphatic heterocycles. The van der Waals surface area contributed by atoms with E-state index in [1.54, 1.807) is 0 Å². The summed E-state index contributed by atoms with van der Waals surface area (Å²) in [4.78, 5) is 27.4. The monoisotopic (exact) mass is 420 g/mol. The van der Waals surface area contributed by atoms with Crippen molar-refractivity contribution in [3.8, 4) is 11.1 Å². The Morgan fingerprint density at radius 2 is 1.67 bits per heavy atom. The van der Waals surface area contributed by atoms with E-state index in [2.05, 4.69) is 10.2 Å². The highest BCUT2D eigenvalue weighted by Gasteiger charge is 2.22. The highest BCUT2D eigenvalue weighted by molar-refractivity contribution is 7.18. The van der Waals surface area contributed by atoms with Crippen molar-refractivity contribution in [2.75, 3.05) is 36.5 Å². The smallest absolute Gasteiger partial charge is 0.221 e. The lowest BCUT2D eigenvalue weighted by Gasteiger charge is -2.28. The van der Waals surface area contributed by atoms with Gasteiger partial charge in [0.1, 0.15) is 0 Å². The Kier molecular flexibility index (Phi) is 5.97. The first-order valence-corrected chi connectivity index (χ1v) is 10.8. The number of aryl methyl sites for hydroxylation is 1. The van der Waals surface area contributed by atoms with E-state index in [-0.39, 0.29) is 11.7 Å². The van der Waals surface area contributed by atoms with Gasteiger partial charge >= 0.3 is 0 Å². The van der Waals surface area contributed by atoms with Crippen molar-refractivity contribution in [2.45, 2.75) is 13.8 Å². The highest BCUT2D eigenvalue weighted by Crippen LogP contribution is 2.40. The van der Waals surface area contributed by atoms with Crippen LogP contribution in [-0.2, 0) is 9.53 Å². The van der Waals surface area contributed by atoms with E-state index in [1.165, 1.54) is 18.3 Å². The summed E-state index contributed by atoms with van der Waals surface area (Å²) in [5.41, 5.74) is 4.64. The second-order valence-corrected chi connectivity index (χ2v) is 8.41. The molecule has 2 heterocycles. The Hall–Kier alpha value is -2.96. The van der Waals surface area contributed by atoms with E-state index < -0.39 is 0 Å². The minimum Gasteiger partial charge on any atom is -0.378 e. The van der Waals surface area contributed by atoms with Gasteiger partial charge < -0.3 is 15.0 Å². The molecule has 30 heavy (non-hydrogen) atoms. The molecule has 0 unspecified atom stereocenters. The molecule has 2 aromatic carbocycles. The number of ketones is 1. The van der Waals surface area contributed by atoms with E-state index >= 15 is 0 Å². The van der Waals surface area contributed by atoms with Crippen LogP contribution in [0.2, 0.25) is 0 Å². The number of ether oxygens (including phenoxy) is 1. The third-order valence-electron chi connectivity index (χ3n) is 5.06. The Morgan fingerprint density at radius 1 is 1.00 bits per heavy atom. The summed E-state index contributed by atoms with van der Waals surface area (Å²) in [7, 11) is 0. The molecule has 1 amide bonds. The normalized spacial score (nSPS) is 13.9. The summed E-state index contributed by atoms with van der Waals surface area (Å²) in [6.07, 6.45) is 0. The Balaban J connectivity index is 1.71. The SMILES string of the molecule is CC(=O)Nc1ccc(-c2cc(C(=O)c3ccc(C)cc3)sc2N2CCOCC2)cc1. The molecule has 1 saturated heterocycles. The maximum Gasteiger partial charge on any atom is 0.221 e. The number of thiophene rings is 1. The van der Waals surface area contributed by atoms with Gasteiger partial charge in [-0.15, -0.1) is 11.3 Å². The van der Waals surface area contributed by atoms with Gasteiger partial charge in [-0.3, -0.25) is 9.59 Å². The lowest BCUT2D eigenvalue weighted by molar-refractivity contribution is -0.114. The van der Waals surface area contributed by atoms with Crippen molar-refractivity contribution < 1.29 is 14.3 Å². The first-order valence-electron chi connectivity index (χ1n) is 9.97. The zero-order chi connectivity index (χ0) is 21.1. The topological polar surface area (TPSA) is 58.6 Å². The molecule has 3 aromatic rings. The van der Waals surface area contributed by atoms with Crippen LogP contribution in [0.4, 0.5) is 10.7 Å². The minimum absolute atomic E-state index is 0.0376. The Labute approximate surface area is 180 Å². The average Bonchev–Trinajstić information content (AvgIpc) is 3.20. The fourth-order valence-corrected chi connectivity index (χ4v) is 4.68. The summed E-state index contributed by atoms with van der Waals surface area (Å²) < 4.78 is 5.51. The standard InChI is InChI=1S/C24H24N2O3S/c1-16-3-5-19(6-4-16)23(28)22-15-21(24(30-22)26-11-13-29-14-12-26)18-7-9-20(10-8-18)25-17(2)27/h3-10,15H,11-14H2,1-2H3,(H,25,27). The van der Waals surface area contributed by atoms with Crippen molar-refractivity contribution in [3.63, 3.8) is 0 Å². The molecule has 0 bridgehead atoms. The van der Waals surface area contributed by atoms with Crippen LogP contribution in [0.5, 0.6) is 0 Å². The number of amides is 1. The van der Waals surface area contributed by atoms with Crippen molar-refractivity contribution >= 4 is 33.7 Å². The molecule has 4 rings (SSSR count). The van der Waals surface area contributed by atoms with E-state index in [1.807, 2.05) is 61.5 Å². The molecular formula is C24H24N2O3S. The zero-order valence-corrected chi connectivity index (χ0v) is 17.9. The van der Waals surface area contributed by atoms with Crippen LogP contribution >= 0.6 is 11.3 Å². The van der Waals surface area contributed by atoms with Gasteiger partial charge in [-0.05, 0) is 30.7 Å². The first kappa shape index (κ1) is 20.3. The van der Waals surface area contributed by atoms with Gasteiger partial charge in [0.15, 0.2) is 0 Å². The quantitative estimate of drug-likeness (QED) is 0.605. The predicted octanol–water partition coefficient (Wildman–Crippen LogP) is 4.75. The lowest BCUT2D eigenvalue weighted by atomic mass is 10.0. The number of nitrogens with zero attached hydrogens (tertiary/aromatic N) is 1. The third kappa shape index (κ3) is 4.45. The lowest BCUT2D eigenvalue weighted by Crippen LogP contribution is -2.35. The average molecular weight is 421 g/mol. The number of hydrogen-bond acceptors (Lipinski definition) is 5. The van der Waals surface area contributed by atoms with Crippen LogP contribution in [0.3, 0.4) is 0 Å². The van der Waals surface area contributed by atoms with Gasteiger partial charge in [0.25, 0.3) is 0 Å². The number of nitrogens with one attached hydrogen (secondary N) is 1. The molecule has 0 spiro atoms. The molecule has 154 valence electrons. The summed E-state index contributed by atoms with van der Waals surface area (Å²) in [5.74, 6) is -0.0612. The van der Waals surface area contributed by atoms with E-state index in [0.717, 1.165) is 45.3 Å².